The van der Waals surface area contributed by atoms with Crippen LogP contribution in [-0.4, -0.2) is 49.5 Å². The van der Waals surface area contributed by atoms with Gasteiger partial charge in [-0.3, -0.25) is 4.99 Å². The van der Waals surface area contributed by atoms with E-state index in [1.807, 2.05) is 0 Å². The lowest BCUT2D eigenvalue weighted by Crippen LogP contribution is -2.50. The van der Waals surface area contributed by atoms with E-state index in [9.17, 15) is 5.11 Å². The SMILES string of the molecule is CCNC(=NCC1(CCOCC)CCCC1)NCC1(O)CCC1. The van der Waals surface area contributed by atoms with Gasteiger partial charge >= 0.3 is 0 Å². The maximum atomic E-state index is 10.2. The average Bonchev–Trinajstić information content (AvgIpc) is 2.98. The lowest BCUT2D eigenvalue weighted by Gasteiger charge is -2.37. The molecule has 0 aromatic carbocycles. The normalized spacial score (nSPS) is 22.7. The van der Waals surface area contributed by atoms with Gasteiger partial charge in [0.25, 0.3) is 0 Å². The second-order valence-corrected chi connectivity index (χ2v) is 7.28. The number of hydrogen-bond acceptors (Lipinski definition) is 3. The third-order valence-corrected chi connectivity index (χ3v) is 5.43. The highest BCUT2D eigenvalue weighted by Gasteiger charge is 2.35. The molecule has 2 fully saturated rings. The summed E-state index contributed by atoms with van der Waals surface area (Å²) in [4.78, 5) is 4.84. The van der Waals surface area contributed by atoms with Crippen LogP contribution in [0.25, 0.3) is 0 Å². The predicted molar refractivity (Wildman–Crippen MR) is 94.8 cm³/mol. The van der Waals surface area contributed by atoms with Gasteiger partial charge in [-0.2, -0.15) is 0 Å². The fraction of sp³-hybridized carbons (Fsp3) is 0.944. The van der Waals surface area contributed by atoms with Gasteiger partial charge in [0.2, 0.25) is 0 Å². The molecule has 0 spiro atoms. The standard InChI is InChI=1S/C18H35N3O2/c1-3-19-16(21-15-18(22)10-7-11-18)20-14-17(8-5-6-9-17)12-13-23-4-2/h22H,3-15H2,1-2H3,(H2,19,20,21). The summed E-state index contributed by atoms with van der Waals surface area (Å²) < 4.78 is 5.58. The molecule has 5 heteroatoms. The van der Waals surface area contributed by atoms with E-state index < -0.39 is 5.60 Å². The second-order valence-electron chi connectivity index (χ2n) is 7.28. The van der Waals surface area contributed by atoms with E-state index in [4.69, 9.17) is 9.73 Å². The lowest BCUT2D eigenvalue weighted by molar-refractivity contribution is -0.0279. The average molecular weight is 325 g/mol. The number of nitrogens with zero attached hydrogens (tertiary/aromatic N) is 1. The van der Waals surface area contributed by atoms with Crippen molar-refractivity contribution in [3.63, 3.8) is 0 Å². The van der Waals surface area contributed by atoms with Crippen LogP contribution in [0.5, 0.6) is 0 Å². The minimum absolute atomic E-state index is 0.310. The van der Waals surface area contributed by atoms with Crippen molar-refractivity contribution < 1.29 is 9.84 Å². The van der Waals surface area contributed by atoms with Crippen molar-refractivity contribution in [3.8, 4) is 0 Å². The van der Waals surface area contributed by atoms with E-state index in [1.165, 1.54) is 25.7 Å². The number of ether oxygens (including phenoxy) is 1. The first-order valence-corrected chi connectivity index (χ1v) is 9.44. The Kier molecular flexibility index (Phi) is 7.15. The zero-order valence-electron chi connectivity index (χ0n) is 15.0. The van der Waals surface area contributed by atoms with Crippen LogP contribution in [0.4, 0.5) is 0 Å². The fourth-order valence-corrected chi connectivity index (χ4v) is 3.64. The van der Waals surface area contributed by atoms with Crippen LogP contribution in [0.1, 0.15) is 65.2 Å². The molecule has 0 amide bonds. The summed E-state index contributed by atoms with van der Waals surface area (Å²) in [6.07, 6.45) is 9.17. The topological polar surface area (TPSA) is 65.9 Å². The largest absolute Gasteiger partial charge is 0.388 e. The number of aliphatic imine (C=N–C) groups is 1. The summed E-state index contributed by atoms with van der Waals surface area (Å²) >= 11 is 0. The van der Waals surface area contributed by atoms with Crippen LogP contribution in [0.3, 0.4) is 0 Å². The minimum Gasteiger partial charge on any atom is -0.388 e. The zero-order chi connectivity index (χ0) is 16.6. The van der Waals surface area contributed by atoms with Crippen LogP contribution in [0.2, 0.25) is 0 Å². The molecule has 0 bridgehead atoms. The Bertz CT molecular complexity index is 374. The number of nitrogens with one attached hydrogen (secondary N) is 2. The Labute approximate surface area is 141 Å². The molecule has 2 aliphatic carbocycles. The van der Waals surface area contributed by atoms with Crippen molar-refractivity contribution in [1.29, 1.82) is 0 Å². The highest BCUT2D eigenvalue weighted by molar-refractivity contribution is 5.79. The molecule has 134 valence electrons. The highest BCUT2D eigenvalue weighted by atomic mass is 16.5. The summed E-state index contributed by atoms with van der Waals surface area (Å²) in [5, 5.41) is 16.9. The van der Waals surface area contributed by atoms with Gasteiger partial charge < -0.3 is 20.5 Å². The van der Waals surface area contributed by atoms with Gasteiger partial charge in [-0.05, 0) is 57.8 Å². The van der Waals surface area contributed by atoms with E-state index in [2.05, 4.69) is 24.5 Å². The molecule has 0 aromatic heterocycles. The monoisotopic (exact) mass is 325 g/mol. The molecule has 0 aromatic rings. The van der Waals surface area contributed by atoms with Crippen molar-refractivity contribution in [2.24, 2.45) is 10.4 Å². The first kappa shape index (κ1) is 18.5. The molecule has 0 unspecified atom stereocenters. The van der Waals surface area contributed by atoms with Crippen molar-refractivity contribution >= 4 is 5.96 Å². The lowest BCUT2D eigenvalue weighted by atomic mass is 9.80. The summed E-state index contributed by atoms with van der Waals surface area (Å²) in [6, 6.07) is 0. The molecule has 5 nitrogen and oxygen atoms in total. The second kappa shape index (κ2) is 8.88. The molecular formula is C18H35N3O2. The maximum absolute atomic E-state index is 10.2. The van der Waals surface area contributed by atoms with Crippen molar-refractivity contribution in [1.82, 2.24) is 10.6 Å². The highest BCUT2D eigenvalue weighted by Crippen LogP contribution is 2.41. The molecular weight excluding hydrogens is 290 g/mol. The Morgan fingerprint density at radius 3 is 2.39 bits per heavy atom. The van der Waals surface area contributed by atoms with E-state index in [-0.39, 0.29) is 0 Å². The molecule has 0 aliphatic heterocycles. The number of aliphatic hydroxyl groups is 1. The Morgan fingerprint density at radius 2 is 1.83 bits per heavy atom. The van der Waals surface area contributed by atoms with Crippen molar-refractivity contribution in [2.45, 2.75) is 70.8 Å². The van der Waals surface area contributed by atoms with Crippen LogP contribution in [-0.2, 0) is 4.74 Å². The first-order chi connectivity index (χ1) is 11.1. The van der Waals surface area contributed by atoms with Gasteiger partial charge in [0, 0.05) is 32.8 Å². The minimum atomic E-state index is -0.518. The first-order valence-electron chi connectivity index (χ1n) is 9.44. The summed E-state index contributed by atoms with van der Waals surface area (Å²) in [5.41, 5.74) is -0.207. The molecule has 2 saturated carbocycles. The van der Waals surface area contributed by atoms with Crippen LogP contribution in [0.15, 0.2) is 4.99 Å². The maximum Gasteiger partial charge on any atom is 0.191 e. The molecule has 0 saturated heterocycles. The third kappa shape index (κ3) is 5.64. The van der Waals surface area contributed by atoms with E-state index in [0.717, 1.165) is 57.9 Å². The number of hydrogen-bond donors (Lipinski definition) is 3. The molecule has 0 heterocycles. The van der Waals surface area contributed by atoms with Crippen molar-refractivity contribution in [3.05, 3.63) is 0 Å². The Hall–Kier alpha value is -0.810. The van der Waals surface area contributed by atoms with Gasteiger partial charge in [0.05, 0.1) is 5.60 Å². The van der Waals surface area contributed by atoms with Crippen LogP contribution in [0, 0.1) is 5.41 Å². The zero-order valence-corrected chi connectivity index (χ0v) is 15.0. The Balaban J connectivity index is 1.88. The quantitative estimate of drug-likeness (QED) is 0.346. The predicted octanol–water partition coefficient (Wildman–Crippen LogP) is 2.44. The summed E-state index contributed by atoms with van der Waals surface area (Å²) in [6.45, 7) is 8.07. The summed E-state index contributed by atoms with van der Waals surface area (Å²) in [7, 11) is 0. The molecule has 23 heavy (non-hydrogen) atoms. The van der Waals surface area contributed by atoms with Gasteiger partial charge in [0.1, 0.15) is 0 Å². The number of rotatable bonds is 9. The molecule has 2 aliphatic rings. The molecule has 0 atom stereocenters. The smallest absolute Gasteiger partial charge is 0.191 e. The van der Waals surface area contributed by atoms with Gasteiger partial charge in [-0.1, -0.05) is 12.8 Å². The summed E-state index contributed by atoms with van der Waals surface area (Å²) in [5.74, 6) is 0.843. The molecule has 3 N–H and O–H groups in total. The van der Waals surface area contributed by atoms with E-state index >= 15 is 0 Å². The third-order valence-electron chi connectivity index (χ3n) is 5.43. The Morgan fingerprint density at radius 1 is 1.09 bits per heavy atom. The van der Waals surface area contributed by atoms with Crippen LogP contribution < -0.4 is 10.6 Å². The van der Waals surface area contributed by atoms with Gasteiger partial charge in [-0.15, -0.1) is 0 Å². The van der Waals surface area contributed by atoms with E-state index in [1.54, 1.807) is 0 Å². The van der Waals surface area contributed by atoms with Gasteiger partial charge in [0.15, 0.2) is 5.96 Å². The molecule has 0 radical (unpaired) electrons. The molecule has 2 rings (SSSR count). The van der Waals surface area contributed by atoms with Gasteiger partial charge in [-0.25, -0.2) is 0 Å². The van der Waals surface area contributed by atoms with E-state index in [0.29, 0.717) is 12.0 Å². The fourth-order valence-electron chi connectivity index (χ4n) is 3.64. The number of guanidine groups is 1. The van der Waals surface area contributed by atoms with Crippen molar-refractivity contribution in [2.75, 3.05) is 32.8 Å². The van der Waals surface area contributed by atoms with Crippen LogP contribution >= 0.6 is 0 Å².